The summed E-state index contributed by atoms with van der Waals surface area (Å²) in [6, 6.07) is 13.0. The Bertz CT molecular complexity index is 1150. The first-order chi connectivity index (χ1) is 13.5. The monoisotopic (exact) mass is 394 g/mol. The highest BCUT2D eigenvalue weighted by Gasteiger charge is 2.15. The van der Waals surface area contributed by atoms with Crippen molar-refractivity contribution in [3.63, 3.8) is 0 Å². The maximum Gasteiger partial charge on any atom is 0.257 e. The number of hydrogen-bond acceptors (Lipinski definition) is 6. The van der Waals surface area contributed by atoms with Crippen LogP contribution >= 0.6 is 11.3 Å². The van der Waals surface area contributed by atoms with Crippen LogP contribution in [0.25, 0.3) is 22.7 Å². The van der Waals surface area contributed by atoms with Gasteiger partial charge in [0.2, 0.25) is 11.8 Å². The summed E-state index contributed by atoms with van der Waals surface area (Å²) in [5.74, 6) is 0.214. The zero-order valence-corrected chi connectivity index (χ0v) is 15.9. The number of nitrogens with zero attached hydrogens (tertiary/aromatic N) is 3. The van der Waals surface area contributed by atoms with E-state index in [0.717, 1.165) is 16.1 Å². The van der Waals surface area contributed by atoms with Crippen LogP contribution in [0.1, 0.15) is 21.1 Å². The number of halogens is 1. The molecule has 0 aliphatic heterocycles. The van der Waals surface area contributed by atoms with Crippen LogP contribution in [0.5, 0.6) is 0 Å². The van der Waals surface area contributed by atoms with Gasteiger partial charge in [-0.25, -0.2) is 9.37 Å². The summed E-state index contributed by atoms with van der Waals surface area (Å²) < 4.78 is 18.5. The van der Waals surface area contributed by atoms with Gasteiger partial charge in [0.1, 0.15) is 5.82 Å². The van der Waals surface area contributed by atoms with Crippen LogP contribution in [-0.4, -0.2) is 21.1 Å². The molecule has 2 aromatic heterocycles. The lowest BCUT2D eigenvalue weighted by atomic mass is 10.1. The standard InChI is InChI=1S/C20H15FN4O2S/c1-11-17(13-6-8-16(21)9-7-13)22-20(28-11)23-18(26)14-4-3-5-15(10-14)19-25-24-12(2)27-19/h3-10H,1-2H3,(H,22,23,26). The van der Waals surface area contributed by atoms with E-state index < -0.39 is 0 Å². The molecule has 0 saturated heterocycles. The number of aryl methyl sites for hydroxylation is 2. The molecule has 0 bridgehead atoms. The third-order valence-corrected chi connectivity index (χ3v) is 4.92. The number of nitrogens with one attached hydrogen (secondary N) is 1. The van der Waals surface area contributed by atoms with Crippen LogP contribution in [-0.2, 0) is 0 Å². The lowest BCUT2D eigenvalue weighted by molar-refractivity contribution is 0.102. The van der Waals surface area contributed by atoms with Gasteiger partial charge >= 0.3 is 0 Å². The topological polar surface area (TPSA) is 80.9 Å². The second-order valence-electron chi connectivity index (χ2n) is 6.09. The molecule has 28 heavy (non-hydrogen) atoms. The van der Waals surface area contributed by atoms with E-state index in [9.17, 15) is 9.18 Å². The summed E-state index contributed by atoms with van der Waals surface area (Å²) in [5.41, 5.74) is 2.62. The van der Waals surface area contributed by atoms with Gasteiger partial charge in [-0.2, -0.15) is 0 Å². The molecule has 4 aromatic rings. The molecule has 0 aliphatic carbocycles. The van der Waals surface area contributed by atoms with Crippen molar-refractivity contribution in [2.75, 3.05) is 5.32 Å². The molecule has 0 atom stereocenters. The van der Waals surface area contributed by atoms with E-state index in [4.69, 9.17) is 4.42 Å². The number of carbonyl (C=O) groups excluding carboxylic acids is 1. The van der Waals surface area contributed by atoms with Crippen molar-refractivity contribution in [1.82, 2.24) is 15.2 Å². The normalized spacial score (nSPS) is 10.8. The Morgan fingerprint density at radius 2 is 1.86 bits per heavy atom. The molecular weight excluding hydrogens is 379 g/mol. The number of benzene rings is 2. The summed E-state index contributed by atoms with van der Waals surface area (Å²) >= 11 is 1.36. The maximum atomic E-state index is 13.1. The van der Waals surface area contributed by atoms with E-state index in [2.05, 4.69) is 20.5 Å². The molecule has 140 valence electrons. The highest BCUT2D eigenvalue weighted by atomic mass is 32.1. The Balaban J connectivity index is 1.56. The van der Waals surface area contributed by atoms with E-state index in [1.807, 2.05) is 6.92 Å². The Morgan fingerprint density at radius 1 is 1.07 bits per heavy atom. The lowest BCUT2D eigenvalue weighted by Crippen LogP contribution is -2.11. The number of aromatic nitrogens is 3. The molecule has 2 aromatic carbocycles. The van der Waals surface area contributed by atoms with Gasteiger partial charge in [0.05, 0.1) is 5.69 Å². The summed E-state index contributed by atoms with van der Waals surface area (Å²) in [6.07, 6.45) is 0. The number of carbonyl (C=O) groups is 1. The summed E-state index contributed by atoms with van der Waals surface area (Å²) in [4.78, 5) is 18.1. The first-order valence-corrected chi connectivity index (χ1v) is 9.26. The van der Waals surface area contributed by atoms with E-state index >= 15 is 0 Å². The predicted molar refractivity (Wildman–Crippen MR) is 105 cm³/mol. The Labute approximate surface area is 164 Å². The molecule has 0 unspecified atom stereocenters. The molecule has 4 rings (SSSR count). The fourth-order valence-corrected chi connectivity index (χ4v) is 3.53. The Morgan fingerprint density at radius 3 is 2.57 bits per heavy atom. The second-order valence-corrected chi connectivity index (χ2v) is 7.30. The minimum atomic E-state index is -0.304. The molecule has 8 heteroatoms. The lowest BCUT2D eigenvalue weighted by Gasteiger charge is -2.03. The molecule has 0 aliphatic rings. The van der Waals surface area contributed by atoms with Crippen LogP contribution < -0.4 is 5.32 Å². The zero-order chi connectivity index (χ0) is 19.7. The van der Waals surface area contributed by atoms with Gasteiger partial charge in [0.25, 0.3) is 5.91 Å². The molecule has 2 heterocycles. The van der Waals surface area contributed by atoms with E-state index in [1.165, 1.54) is 23.5 Å². The number of thiazole rings is 1. The largest absolute Gasteiger partial charge is 0.421 e. The van der Waals surface area contributed by atoms with E-state index in [0.29, 0.717) is 28.0 Å². The molecule has 0 saturated carbocycles. The quantitative estimate of drug-likeness (QED) is 0.534. The fourth-order valence-electron chi connectivity index (χ4n) is 2.70. The SMILES string of the molecule is Cc1nnc(-c2cccc(C(=O)Nc3nc(-c4ccc(F)cc4)c(C)s3)c2)o1. The highest BCUT2D eigenvalue weighted by Crippen LogP contribution is 2.31. The first kappa shape index (κ1) is 18.0. The molecule has 1 N–H and O–H groups in total. The van der Waals surface area contributed by atoms with Crippen molar-refractivity contribution < 1.29 is 13.6 Å². The number of anilines is 1. The average Bonchev–Trinajstić information content (AvgIpc) is 3.28. The van der Waals surface area contributed by atoms with Crippen molar-refractivity contribution in [3.8, 4) is 22.7 Å². The molecule has 6 nitrogen and oxygen atoms in total. The van der Waals surface area contributed by atoms with Crippen LogP contribution in [0.2, 0.25) is 0 Å². The number of amides is 1. The third kappa shape index (κ3) is 3.67. The molecule has 0 spiro atoms. The van der Waals surface area contributed by atoms with Gasteiger partial charge in [-0.05, 0) is 49.4 Å². The fraction of sp³-hybridized carbons (Fsp3) is 0.100. The van der Waals surface area contributed by atoms with Gasteiger partial charge in [-0.3, -0.25) is 10.1 Å². The Kier molecular flexibility index (Phi) is 4.70. The first-order valence-electron chi connectivity index (χ1n) is 8.45. The van der Waals surface area contributed by atoms with E-state index in [1.54, 1.807) is 43.3 Å². The van der Waals surface area contributed by atoms with Crippen LogP contribution in [0, 0.1) is 19.7 Å². The van der Waals surface area contributed by atoms with Gasteiger partial charge in [0.15, 0.2) is 5.13 Å². The summed E-state index contributed by atoms with van der Waals surface area (Å²) in [6.45, 7) is 3.61. The summed E-state index contributed by atoms with van der Waals surface area (Å²) in [7, 11) is 0. The van der Waals surface area contributed by atoms with Gasteiger partial charge in [-0.1, -0.05) is 6.07 Å². The minimum Gasteiger partial charge on any atom is -0.421 e. The summed E-state index contributed by atoms with van der Waals surface area (Å²) in [5, 5.41) is 11.1. The number of rotatable bonds is 4. The average molecular weight is 394 g/mol. The minimum absolute atomic E-state index is 0.294. The van der Waals surface area contributed by atoms with Crippen LogP contribution in [0.15, 0.2) is 52.9 Å². The smallest absolute Gasteiger partial charge is 0.257 e. The van der Waals surface area contributed by atoms with Crippen molar-refractivity contribution in [2.24, 2.45) is 0 Å². The Hall–Kier alpha value is -3.39. The third-order valence-electron chi connectivity index (χ3n) is 4.03. The maximum absolute atomic E-state index is 13.1. The van der Waals surface area contributed by atoms with Gasteiger partial charge in [-0.15, -0.1) is 21.5 Å². The van der Waals surface area contributed by atoms with Gasteiger partial charge in [0, 0.05) is 28.5 Å². The van der Waals surface area contributed by atoms with Crippen molar-refractivity contribution in [1.29, 1.82) is 0 Å². The zero-order valence-electron chi connectivity index (χ0n) is 15.1. The van der Waals surface area contributed by atoms with Crippen LogP contribution in [0.4, 0.5) is 9.52 Å². The molecule has 0 fully saturated rings. The van der Waals surface area contributed by atoms with Gasteiger partial charge < -0.3 is 4.42 Å². The van der Waals surface area contributed by atoms with Crippen molar-refractivity contribution >= 4 is 22.4 Å². The predicted octanol–water partition coefficient (Wildman–Crippen LogP) is 4.87. The highest BCUT2D eigenvalue weighted by molar-refractivity contribution is 7.16. The molecular formula is C20H15FN4O2S. The van der Waals surface area contributed by atoms with Crippen molar-refractivity contribution in [2.45, 2.75) is 13.8 Å². The van der Waals surface area contributed by atoms with Crippen LogP contribution in [0.3, 0.4) is 0 Å². The molecule has 1 amide bonds. The molecule has 0 radical (unpaired) electrons. The van der Waals surface area contributed by atoms with E-state index in [-0.39, 0.29) is 11.7 Å². The van der Waals surface area contributed by atoms with Crippen molar-refractivity contribution in [3.05, 3.63) is 70.7 Å². The number of hydrogen-bond donors (Lipinski definition) is 1. The second kappa shape index (κ2) is 7.32.